The Morgan fingerprint density at radius 2 is 1.86 bits per heavy atom. The predicted octanol–water partition coefficient (Wildman–Crippen LogP) is 5.05. The number of carboxylic acids is 1. The molecule has 0 saturated carbocycles. The Morgan fingerprint density at radius 3 is 2.38 bits per heavy atom. The van der Waals surface area contributed by atoms with Crippen LogP contribution in [-0.4, -0.2) is 27.4 Å². The molecule has 3 rings (SSSR count). The lowest BCUT2D eigenvalue weighted by atomic mass is 9.70. The van der Waals surface area contributed by atoms with E-state index in [1.165, 1.54) is 18.2 Å². The number of carboxylic acid groups (broad SMARTS) is 1. The van der Waals surface area contributed by atoms with Gasteiger partial charge in [0.2, 0.25) is 0 Å². The molecule has 0 fully saturated rings. The fourth-order valence-electron chi connectivity index (χ4n) is 4.42. The van der Waals surface area contributed by atoms with E-state index < -0.39 is 34.7 Å². The summed E-state index contributed by atoms with van der Waals surface area (Å²) < 4.78 is 34.7. The number of ether oxygens (including phenoxy) is 1. The van der Waals surface area contributed by atoms with E-state index in [-0.39, 0.29) is 17.2 Å². The number of hydrogen-bond donors (Lipinski definition) is 1. The van der Waals surface area contributed by atoms with E-state index in [1.54, 1.807) is 13.0 Å². The molecule has 0 bridgehead atoms. The van der Waals surface area contributed by atoms with Crippen LogP contribution in [0.3, 0.4) is 0 Å². The van der Waals surface area contributed by atoms with Crippen molar-refractivity contribution in [1.82, 2.24) is 10.2 Å². The van der Waals surface area contributed by atoms with Gasteiger partial charge < -0.3 is 9.84 Å². The molecular weight excluding hydrogens is 378 g/mol. The monoisotopic (exact) mass is 404 g/mol. The van der Waals surface area contributed by atoms with Gasteiger partial charge in [0.05, 0.1) is 17.0 Å². The Bertz CT molecular complexity index is 927. The number of hydrogen-bond acceptors (Lipinski definition) is 4. The summed E-state index contributed by atoms with van der Waals surface area (Å²) >= 11 is 0. The minimum Gasteiger partial charge on any atom is -0.479 e. The maximum Gasteiger partial charge on any atom is 0.332 e. The number of aromatic nitrogens is 2. The summed E-state index contributed by atoms with van der Waals surface area (Å²) in [7, 11) is 0. The molecule has 0 amide bonds. The second-order valence-corrected chi connectivity index (χ2v) is 8.11. The van der Waals surface area contributed by atoms with Crippen LogP contribution < -0.4 is 0 Å². The molecule has 29 heavy (non-hydrogen) atoms. The molecule has 0 saturated heterocycles. The summed E-state index contributed by atoms with van der Waals surface area (Å²) in [6.07, 6.45) is -0.190. The standard InChI is InChI=1S/C22H26F2N2O3/c1-6-17(20(27)28)29-22(7-2)19-13(12(3)21(22,4)5)11-16(25-26-19)18-14(23)9-8-10-15(18)24/h8-12,17H,6-7H2,1-5H3,(H,27,28)/t12?,17-,22?/m1/s1. The Labute approximate surface area is 169 Å². The van der Waals surface area contributed by atoms with E-state index in [0.717, 1.165) is 5.56 Å². The normalized spacial score (nSPS) is 23.6. The lowest BCUT2D eigenvalue weighted by molar-refractivity contribution is -0.189. The molecule has 2 unspecified atom stereocenters. The average Bonchev–Trinajstić information content (AvgIpc) is 2.83. The van der Waals surface area contributed by atoms with Gasteiger partial charge in [0, 0.05) is 5.41 Å². The fourth-order valence-corrected chi connectivity index (χ4v) is 4.42. The predicted molar refractivity (Wildman–Crippen MR) is 104 cm³/mol. The molecule has 1 aliphatic rings. The van der Waals surface area contributed by atoms with Gasteiger partial charge in [-0.2, -0.15) is 5.10 Å². The lowest BCUT2D eigenvalue weighted by Gasteiger charge is -2.43. The van der Waals surface area contributed by atoms with Crippen molar-refractivity contribution < 1.29 is 23.4 Å². The number of aliphatic carboxylic acids is 1. The van der Waals surface area contributed by atoms with Crippen LogP contribution >= 0.6 is 0 Å². The fraction of sp³-hybridized carbons (Fsp3) is 0.500. The minimum absolute atomic E-state index is 0.0900. The highest BCUT2D eigenvalue weighted by Crippen LogP contribution is 2.60. The van der Waals surface area contributed by atoms with Crippen LogP contribution in [0.1, 0.15) is 64.6 Å². The van der Waals surface area contributed by atoms with E-state index in [1.807, 2.05) is 27.7 Å². The van der Waals surface area contributed by atoms with Gasteiger partial charge in [-0.15, -0.1) is 5.10 Å². The first-order valence-electron chi connectivity index (χ1n) is 9.83. The highest BCUT2D eigenvalue weighted by Gasteiger charge is 2.59. The summed E-state index contributed by atoms with van der Waals surface area (Å²) in [5.74, 6) is -2.54. The summed E-state index contributed by atoms with van der Waals surface area (Å²) in [5.41, 5.74) is -0.282. The number of benzene rings is 1. The smallest absolute Gasteiger partial charge is 0.332 e. The molecule has 0 spiro atoms. The number of halogens is 2. The Morgan fingerprint density at radius 1 is 1.24 bits per heavy atom. The van der Waals surface area contributed by atoms with Crippen molar-refractivity contribution in [3.8, 4) is 11.3 Å². The van der Waals surface area contributed by atoms with Crippen LogP contribution in [0.15, 0.2) is 24.3 Å². The van der Waals surface area contributed by atoms with Crippen molar-refractivity contribution in [2.75, 3.05) is 0 Å². The van der Waals surface area contributed by atoms with Gasteiger partial charge in [-0.3, -0.25) is 0 Å². The Balaban J connectivity index is 2.19. The number of rotatable bonds is 6. The van der Waals surface area contributed by atoms with Crippen LogP contribution in [0.5, 0.6) is 0 Å². The van der Waals surface area contributed by atoms with E-state index >= 15 is 0 Å². The molecule has 1 heterocycles. The second-order valence-electron chi connectivity index (χ2n) is 8.11. The third-order valence-electron chi connectivity index (χ3n) is 6.50. The van der Waals surface area contributed by atoms with Gasteiger partial charge in [-0.1, -0.05) is 40.7 Å². The quantitative estimate of drug-likeness (QED) is 0.729. The summed E-state index contributed by atoms with van der Waals surface area (Å²) in [6.45, 7) is 9.67. The van der Waals surface area contributed by atoms with Crippen LogP contribution in [0.4, 0.5) is 8.78 Å². The Kier molecular flexibility index (Phi) is 5.47. The number of carbonyl (C=O) groups is 1. The van der Waals surface area contributed by atoms with Crippen LogP contribution in [-0.2, 0) is 15.1 Å². The maximum absolute atomic E-state index is 14.3. The van der Waals surface area contributed by atoms with Crippen LogP contribution in [0, 0.1) is 17.0 Å². The van der Waals surface area contributed by atoms with E-state index in [9.17, 15) is 18.7 Å². The van der Waals surface area contributed by atoms with Crippen LogP contribution in [0.2, 0.25) is 0 Å². The molecule has 156 valence electrons. The molecule has 3 atom stereocenters. The summed E-state index contributed by atoms with van der Waals surface area (Å²) in [6, 6.07) is 5.31. The Hall–Kier alpha value is -2.41. The third-order valence-corrected chi connectivity index (χ3v) is 6.50. The van der Waals surface area contributed by atoms with Crippen molar-refractivity contribution in [3.05, 3.63) is 47.2 Å². The van der Waals surface area contributed by atoms with E-state index in [0.29, 0.717) is 18.5 Å². The molecule has 0 aliphatic heterocycles. The van der Waals surface area contributed by atoms with Crippen molar-refractivity contribution >= 4 is 5.97 Å². The molecule has 2 aromatic rings. The van der Waals surface area contributed by atoms with Gasteiger partial charge in [0.25, 0.3) is 0 Å². The summed E-state index contributed by atoms with van der Waals surface area (Å²) in [5, 5.41) is 18.0. The van der Waals surface area contributed by atoms with E-state index in [2.05, 4.69) is 10.2 Å². The van der Waals surface area contributed by atoms with Gasteiger partial charge in [-0.25, -0.2) is 13.6 Å². The van der Waals surface area contributed by atoms with Crippen molar-refractivity contribution in [1.29, 1.82) is 0 Å². The zero-order valence-corrected chi connectivity index (χ0v) is 17.3. The molecule has 0 radical (unpaired) electrons. The molecule has 5 nitrogen and oxygen atoms in total. The van der Waals surface area contributed by atoms with Crippen molar-refractivity contribution in [2.24, 2.45) is 5.41 Å². The van der Waals surface area contributed by atoms with Crippen molar-refractivity contribution in [2.45, 2.75) is 65.1 Å². The van der Waals surface area contributed by atoms with Gasteiger partial charge in [0.15, 0.2) is 6.10 Å². The highest BCUT2D eigenvalue weighted by molar-refractivity contribution is 5.72. The zero-order chi connectivity index (χ0) is 21.6. The topological polar surface area (TPSA) is 72.3 Å². The molecule has 1 N–H and O–H groups in total. The van der Waals surface area contributed by atoms with Gasteiger partial charge in [-0.05, 0) is 42.5 Å². The van der Waals surface area contributed by atoms with Crippen LogP contribution in [0.25, 0.3) is 11.3 Å². The second kappa shape index (κ2) is 7.44. The van der Waals surface area contributed by atoms with E-state index in [4.69, 9.17) is 4.74 Å². The maximum atomic E-state index is 14.3. The molecule has 1 aromatic carbocycles. The number of nitrogens with zero attached hydrogens (tertiary/aromatic N) is 2. The first kappa shape index (κ1) is 21.3. The minimum atomic E-state index is -1.03. The molecule has 1 aliphatic carbocycles. The molecule has 7 heteroatoms. The largest absolute Gasteiger partial charge is 0.479 e. The first-order valence-corrected chi connectivity index (χ1v) is 9.83. The van der Waals surface area contributed by atoms with Crippen molar-refractivity contribution in [3.63, 3.8) is 0 Å². The summed E-state index contributed by atoms with van der Waals surface area (Å²) in [4.78, 5) is 11.7. The average molecular weight is 404 g/mol. The SMILES string of the molecule is CC[C@@H](OC1(CC)c2nnc(-c3c(F)cccc3F)cc2C(C)C1(C)C)C(=O)O. The number of fused-ring (bicyclic) bond motifs is 1. The highest BCUT2D eigenvalue weighted by atomic mass is 19.1. The molecular formula is C22H26F2N2O3. The first-order chi connectivity index (χ1) is 13.6. The zero-order valence-electron chi connectivity index (χ0n) is 17.3. The molecule has 1 aromatic heterocycles. The lowest BCUT2D eigenvalue weighted by Crippen LogP contribution is -2.46. The third kappa shape index (κ3) is 3.12. The van der Waals surface area contributed by atoms with Gasteiger partial charge in [0.1, 0.15) is 17.2 Å². The van der Waals surface area contributed by atoms with Gasteiger partial charge >= 0.3 is 5.97 Å².